The van der Waals surface area contributed by atoms with Gasteiger partial charge in [-0.1, -0.05) is 22.9 Å². The Bertz CT molecular complexity index is 669. The number of carbonyl (C=O) groups is 3. The zero-order valence-corrected chi connectivity index (χ0v) is 14.5. The molecule has 0 radical (unpaired) electrons. The van der Waals surface area contributed by atoms with Crippen LogP contribution in [0.4, 0.5) is 0 Å². The van der Waals surface area contributed by atoms with Crippen molar-refractivity contribution in [2.75, 3.05) is 39.3 Å². The maximum Gasteiger partial charge on any atom is 0.262 e. The van der Waals surface area contributed by atoms with Crippen LogP contribution in [-0.4, -0.2) is 71.7 Å². The Morgan fingerprint density at radius 3 is 2.39 bits per heavy atom. The minimum atomic E-state index is -0.396. The Labute approximate surface area is 143 Å². The molecule has 23 heavy (non-hydrogen) atoms. The van der Waals surface area contributed by atoms with E-state index in [9.17, 15) is 14.4 Å². The van der Waals surface area contributed by atoms with E-state index in [0.717, 1.165) is 29.0 Å². The molecule has 6 nitrogen and oxygen atoms in total. The first kappa shape index (κ1) is 16.1. The van der Waals surface area contributed by atoms with E-state index in [1.807, 2.05) is 0 Å². The molecule has 0 aromatic heterocycles. The summed E-state index contributed by atoms with van der Waals surface area (Å²) in [6.07, 6.45) is 0. The summed E-state index contributed by atoms with van der Waals surface area (Å²) in [4.78, 5) is 42.2. The summed E-state index contributed by atoms with van der Waals surface area (Å²) in [6, 6.07) is 4.96. The van der Waals surface area contributed by atoms with Crippen LogP contribution in [0.2, 0.25) is 0 Å². The van der Waals surface area contributed by atoms with Gasteiger partial charge in [0.25, 0.3) is 11.8 Å². The predicted octanol–water partition coefficient (Wildman–Crippen LogP) is 1.21. The number of amides is 3. The van der Waals surface area contributed by atoms with Crippen molar-refractivity contribution in [1.29, 1.82) is 0 Å². The number of imide groups is 1. The molecular formula is C16H18BrN3O3. The number of nitrogens with zero attached hydrogens (tertiary/aromatic N) is 3. The molecule has 0 unspecified atom stereocenters. The van der Waals surface area contributed by atoms with E-state index in [4.69, 9.17) is 0 Å². The van der Waals surface area contributed by atoms with E-state index in [0.29, 0.717) is 24.2 Å². The quantitative estimate of drug-likeness (QED) is 0.740. The molecule has 3 amide bonds. The van der Waals surface area contributed by atoms with Crippen LogP contribution in [0.15, 0.2) is 22.7 Å². The normalized spacial score (nSPS) is 18.5. The van der Waals surface area contributed by atoms with Gasteiger partial charge in [0.15, 0.2) is 0 Å². The van der Waals surface area contributed by atoms with Crippen molar-refractivity contribution in [1.82, 2.24) is 14.7 Å². The van der Waals surface area contributed by atoms with Crippen LogP contribution in [0.3, 0.4) is 0 Å². The van der Waals surface area contributed by atoms with Gasteiger partial charge in [-0.25, -0.2) is 0 Å². The summed E-state index contributed by atoms with van der Waals surface area (Å²) < 4.78 is 0.737. The van der Waals surface area contributed by atoms with Crippen LogP contribution >= 0.6 is 15.9 Å². The zero-order valence-electron chi connectivity index (χ0n) is 12.9. The van der Waals surface area contributed by atoms with Crippen LogP contribution in [-0.2, 0) is 4.79 Å². The molecule has 1 aromatic carbocycles. The number of carbonyl (C=O) groups excluding carboxylic acids is 3. The second-order valence-electron chi connectivity index (χ2n) is 5.70. The molecule has 1 saturated heterocycles. The SMILES string of the molecule is CCN1CCN(C(=O)CN2C(=O)c3ccc(Br)cc3C2=O)CC1. The maximum absolute atomic E-state index is 12.4. The molecule has 1 fully saturated rings. The summed E-state index contributed by atoms with van der Waals surface area (Å²) in [7, 11) is 0. The van der Waals surface area contributed by atoms with Gasteiger partial charge in [-0.05, 0) is 24.7 Å². The number of likely N-dealkylation sites (N-methyl/N-ethyl adjacent to an activating group) is 1. The van der Waals surface area contributed by atoms with Crippen LogP contribution in [0.1, 0.15) is 27.6 Å². The Morgan fingerprint density at radius 2 is 1.74 bits per heavy atom. The molecule has 122 valence electrons. The van der Waals surface area contributed by atoms with Gasteiger partial charge in [-0.15, -0.1) is 0 Å². The summed E-state index contributed by atoms with van der Waals surface area (Å²) in [6.45, 7) is 5.82. The van der Waals surface area contributed by atoms with E-state index < -0.39 is 11.8 Å². The monoisotopic (exact) mass is 379 g/mol. The topological polar surface area (TPSA) is 60.9 Å². The predicted molar refractivity (Wildman–Crippen MR) is 88.2 cm³/mol. The highest BCUT2D eigenvalue weighted by molar-refractivity contribution is 9.10. The number of hydrogen-bond acceptors (Lipinski definition) is 4. The maximum atomic E-state index is 12.4. The molecule has 1 aromatic rings. The molecule has 0 atom stereocenters. The van der Waals surface area contributed by atoms with Crippen molar-refractivity contribution in [3.63, 3.8) is 0 Å². The van der Waals surface area contributed by atoms with Crippen LogP contribution < -0.4 is 0 Å². The lowest BCUT2D eigenvalue weighted by atomic mass is 10.1. The van der Waals surface area contributed by atoms with Crippen molar-refractivity contribution in [2.45, 2.75) is 6.92 Å². The Morgan fingerprint density at radius 1 is 1.09 bits per heavy atom. The molecule has 0 bridgehead atoms. The Balaban J connectivity index is 1.68. The molecule has 0 saturated carbocycles. The smallest absolute Gasteiger partial charge is 0.262 e. The van der Waals surface area contributed by atoms with Crippen molar-refractivity contribution < 1.29 is 14.4 Å². The first-order chi connectivity index (χ1) is 11.0. The molecule has 2 aliphatic heterocycles. The average molecular weight is 380 g/mol. The fourth-order valence-corrected chi connectivity index (χ4v) is 3.32. The second kappa shape index (κ2) is 6.41. The number of fused-ring (bicyclic) bond motifs is 1. The molecule has 3 rings (SSSR count). The number of hydrogen-bond donors (Lipinski definition) is 0. The first-order valence-electron chi connectivity index (χ1n) is 7.67. The zero-order chi connectivity index (χ0) is 16.6. The van der Waals surface area contributed by atoms with Gasteiger partial charge in [-0.3, -0.25) is 19.3 Å². The minimum Gasteiger partial charge on any atom is -0.339 e. The first-order valence-corrected chi connectivity index (χ1v) is 8.46. The van der Waals surface area contributed by atoms with Crippen molar-refractivity contribution >= 4 is 33.7 Å². The van der Waals surface area contributed by atoms with Gasteiger partial charge in [0.05, 0.1) is 11.1 Å². The summed E-state index contributed by atoms with van der Waals surface area (Å²) in [5, 5.41) is 0. The average Bonchev–Trinajstić information content (AvgIpc) is 2.79. The van der Waals surface area contributed by atoms with Crippen molar-refractivity contribution in [2.24, 2.45) is 0 Å². The minimum absolute atomic E-state index is 0.172. The third-order valence-corrected chi connectivity index (χ3v) is 4.89. The third-order valence-electron chi connectivity index (χ3n) is 4.40. The molecular weight excluding hydrogens is 362 g/mol. The van der Waals surface area contributed by atoms with Crippen molar-refractivity contribution in [3.05, 3.63) is 33.8 Å². The fraction of sp³-hybridized carbons (Fsp3) is 0.438. The second-order valence-corrected chi connectivity index (χ2v) is 6.62. The van der Waals surface area contributed by atoms with E-state index in [1.165, 1.54) is 0 Å². The summed E-state index contributed by atoms with van der Waals surface area (Å²) >= 11 is 3.30. The molecule has 7 heteroatoms. The van der Waals surface area contributed by atoms with Gasteiger partial charge >= 0.3 is 0 Å². The van der Waals surface area contributed by atoms with Crippen LogP contribution in [0.5, 0.6) is 0 Å². The lowest BCUT2D eigenvalue weighted by Crippen LogP contribution is -2.51. The highest BCUT2D eigenvalue weighted by Crippen LogP contribution is 2.26. The summed E-state index contributed by atoms with van der Waals surface area (Å²) in [5.41, 5.74) is 0.717. The van der Waals surface area contributed by atoms with Gasteiger partial charge < -0.3 is 9.80 Å². The van der Waals surface area contributed by atoms with E-state index in [1.54, 1.807) is 23.1 Å². The molecule has 0 aliphatic carbocycles. The summed E-state index contributed by atoms with van der Waals surface area (Å²) in [5.74, 6) is -0.959. The Kier molecular flexibility index (Phi) is 4.50. The number of benzene rings is 1. The standard InChI is InChI=1S/C16H18BrN3O3/c1-2-18-5-7-19(8-6-18)14(21)10-20-15(22)12-4-3-11(17)9-13(12)16(20)23/h3-4,9H,2,5-8,10H2,1H3. The van der Waals surface area contributed by atoms with Crippen molar-refractivity contribution in [3.8, 4) is 0 Å². The van der Waals surface area contributed by atoms with Crippen LogP contribution in [0.25, 0.3) is 0 Å². The van der Waals surface area contributed by atoms with Crippen LogP contribution in [0, 0.1) is 0 Å². The molecule has 0 spiro atoms. The lowest BCUT2D eigenvalue weighted by molar-refractivity contribution is -0.133. The fourth-order valence-electron chi connectivity index (χ4n) is 2.96. The van der Waals surface area contributed by atoms with Gasteiger partial charge in [0.2, 0.25) is 5.91 Å². The highest BCUT2D eigenvalue weighted by Gasteiger charge is 2.37. The molecule has 0 N–H and O–H groups in total. The Hall–Kier alpha value is -1.73. The number of halogens is 1. The number of piperazine rings is 1. The number of rotatable bonds is 3. The van der Waals surface area contributed by atoms with Gasteiger partial charge in [0.1, 0.15) is 6.54 Å². The lowest BCUT2D eigenvalue weighted by Gasteiger charge is -2.34. The highest BCUT2D eigenvalue weighted by atomic mass is 79.9. The molecule has 2 aliphatic rings. The van der Waals surface area contributed by atoms with E-state index >= 15 is 0 Å². The molecule has 2 heterocycles. The third kappa shape index (κ3) is 3.03. The van der Waals surface area contributed by atoms with E-state index in [2.05, 4.69) is 27.8 Å². The van der Waals surface area contributed by atoms with E-state index in [-0.39, 0.29) is 12.5 Å². The van der Waals surface area contributed by atoms with Gasteiger partial charge in [0, 0.05) is 30.7 Å². The largest absolute Gasteiger partial charge is 0.339 e. The van der Waals surface area contributed by atoms with Gasteiger partial charge in [-0.2, -0.15) is 0 Å².